The van der Waals surface area contributed by atoms with E-state index in [-0.39, 0.29) is 5.91 Å². The van der Waals surface area contributed by atoms with Crippen LogP contribution in [0.25, 0.3) is 16.7 Å². The third-order valence-electron chi connectivity index (χ3n) is 5.94. The monoisotopic (exact) mass is 406 g/mol. The summed E-state index contributed by atoms with van der Waals surface area (Å²) in [6.07, 6.45) is 4.10. The molecule has 0 saturated carbocycles. The lowest BCUT2D eigenvalue weighted by Gasteiger charge is -2.39. The van der Waals surface area contributed by atoms with Gasteiger partial charge in [0.25, 0.3) is 0 Å². The fourth-order valence-corrected chi connectivity index (χ4v) is 5.44. The second-order valence-electron chi connectivity index (χ2n) is 7.83. The summed E-state index contributed by atoms with van der Waals surface area (Å²) < 4.78 is 2.04. The minimum Gasteiger partial charge on any atom is -0.337 e. The van der Waals surface area contributed by atoms with Crippen molar-refractivity contribution in [3.8, 4) is 6.07 Å². The third-order valence-corrected chi connectivity index (χ3v) is 6.93. The van der Waals surface area contributed by atoms with Crippen LogP contribution >= 0.6 is 11.8 Å². The number of rotatable bonds is 4. The number of para-hydroxylation sites is 2. The maximum Gasteiger partial charge on any atom is 0.233 e. The van der Waals surface area contributed by atoms with Gasteiger partial charge in [-0.3, -0.25) is 9.20 Å². The van der Waals surface area contributed by atoms with Crippen molar-refractivity contribution in [2.45, 2.75) is 63.6 Å². The Balaban J connectivity index is 1.73. The van der Waals surface area contributed by atoms with Crippen LogP contribution in [0.2, 0.25) is 0 Å². The van der Waals surface area contributed by atoms with Gasteiger partial charge in [0.2, 0.25) is 5.91 Å². The fourth-order valence-electron chi connectivity index (χ4n) is 4.48. The summed E-state index contributed by atoms with van der Waals surface area (Å²) in [6.45, 7) is 6.35. The van der Waals surface area contributed by atoms with Crippen LogP contribution in [0.1, 0.15) is 51.2 Å². The molecule has 3 heterocycles. The molecule has 3 aromatic rings. The second-order valence-corrected chi connectivity index (χ2v) is 8.82. The summed E-state index contributed by atoms with van der Waals surface area (Å²) >= 11 is 1.55. The van der Waals surface area contributed by atoms with Gasteiger partial charge in [-0.1, -0.05) is 30.8 Å². The molecule has 29 heavy (non-hydrogen) atoms. The van der Waals surface area contributed by atoms with Crippen LogP contribution in [-0.2, 0) is 11.2 Å². The van der Waals surface area contributed by atoms with Gasteiger partial charge in [-0.2, -0.15) is 5.26 Å². The molecular formula is C23H26N4OS. The van der Waals surface area contributed by atoms with Gasteiger partial charge in [0, 0.05) is 12.1 Å². The van der Waals surface area contributed by atoms with Crippen LogP contribution < -0.4 is 0 Å². The first-order chi connectivity index (χ1) is 14.0. The predicted molar refractivity (Wildman–Crippen MR) is 117 cm³/mol. The summed E-state index contributed by atoms with van der Waals surface area (Å²) in [4.78, 5) is 19.8. The van der Waals surface area contributed by atoms with Crippen molar-refractivity contribution in [3.63, 3.8) is 0 Å². The normalized spacial score (nSPS) is 19.6. The molecule has 1 saturated heterocycles. The van der Waals surface area contributed by atoms with E-state index >= 15 is 0 Å². The lowest BCUT2D eigenvalue weighted by Crippen LogP contribution is -2.48. The van der Waals surface area contributed by atoms with Crippen molar-refractivity contribution in [3.05, 3.63) is 41.5 Å². The Bertz CT molecular complexity index is 1100. The number of imidazole rings is 1. The van der Waals surface area contributed by atoms with Gasteiger partial charge in [0.05, 0.1) is 27.4 Å². The predicted octanol–water partition coefficient (Wildman–Crippen LogP) is 4.80. The molecule has 1 fully saturated rings. The number of hydrogen-bond donors (Lipinski definition) is 0. The molecule has 1 aliphatic heterocycles. The first-order valence-electron chi connectivity index (χ1n) is 10.3. The fraction of sp³-hybridized carbons (Fsp3) is 0.435. The minimum atomic E-state index is 0.190. The van der Waals surface area contributed by atoms with Crippen molar-refractivity contribution in [2.75, 3.05) is 5.75 Å². The molecule has 5 nitrogen and oxygen atoms in total. The highest BCUT2D eigenvalue weighted by Crippen LogP contribution is 2.31. The molecule has 2 aromatic heterocycles. The number of thioether (sulfide) groups is 1. The van der Waals surface area contributed by atoms with E-state index in [1.54, 1.807) is 11.8 Å². The zero-order valence-corrected chi connectivity index (χ0v) is 18.0. The van der Waals surface area contributed by atoms with Gasteiger partial charge in [-0.05, 0) is 63.3 Å². The van der Waals surface area contributed by atoms with Crippen LogP contribution in [-0.4, -0.2) is 38.0 Å². The SMILES string of the molecule is CCc1cc(SCC(=O)N2[C@H](C)CCC[C@H]2C)n2c(nc3ccccc32)c1C#N. The van der Waals surface area contributed by atoms with Crippen LogP contribution in [0, 0.1) is 11.3 Å². The van der Waals surface area contributed by atoms with E-state index in [1.807, 2.05) is 35.6 Å². The van der Waals surface area contributed by atoms with Crippen LogP contribution in [0.4, 0.5) is 0 Å². The third kappa shape index (κ3) is 3.49. The number of aromatic nitrogens is 2. The number of benzene rings is 1. The average Bonchev–Trinajstić information content (AvgIpc) is 3.11. The zero-order valence-electron chi connectivity index (χ0n) is 17.2. The van der Waals surface area contributed by atoms with E-state index in [4.69, 9.17) is 4.98 Å². The standard InChI is InChI=1S/C23H26N4OS/c1-4-17-12-22(29-14-21(28)26-15(2)8-7-9-16(26)3)27-20-11-6-5-10-19(20)25-23(27)18(17)13-24/h5-6,10-12,15-16H,4,7-9,14H2,1-3H3/t15-,16-/m1/s1. The number of hydrogen-bond acceptors (Lipinski definition) is 4. The van der Waals surface area contributed by atoms with Crippen molar-refractivity contribution in [2.24, 2.45) is 0 Å². The van der Waals surface area contributed by atoms with Gasteiger partial charge in [-0.25, -0.2) is 4.98 Å². The number of amides is 1. The highest BCUT2D eigenvalue weighted by molar-refractivity contribution is 7.99. The number of likely N-dealkylation sites (tertiary alicyclic amines) is 1. The molecule has 4 rings (SSSR count). The Morgan fingerprint density at radius 2 is 2.00 bits per heavy atom. The molecule has 6 heteroatoms. The Morgan fingerprint density at radius 3 is 2.69 bits per heavy atom. The molecule has 0 spiro atoms. The number of carbonyl (C=O) groups is 1. The van der Waals surface area contributed by atoms with Gasteiger partial charge >= 0.3 is 0 Å². The van der Waals surface area contributed by atoms with E-state index in [1.165, 1.54) is 6.42 Å². The van der Waals surface area contributed by atoms with Crippen LogP contribution in [0.15, 0.2) is 35.4 Å². The number of piperidine rings is 1. The maximum absolute atomic E-state index is 13.0. The minimum absolute atomic E-state index is 0.190. The van der Waals surface area contributed by atoms with E-state index in [0.717, 1.165) is 40.9 Å². The van der Waals surface area contributed by atoms with E-state index < -0.39 is 0 Å². The Morgan fingerprint density at radius 1 is 1.28 bits per heavy atom. The molecule has 1 aromatic carbocycles. The number of aryl methyl sites for hydroxylation is 1. The molecule has 0 N–H and O–H groups in total. The molecule has 0 bridgehead atoms. The average molecular weight is 407 g/mol. The number of nitrogens with zero attached hydrogens (tertiary/aromatic N) is 4. The molecule has 2 atom stereocenters. The van der Waals surface area contributed by atoms with E-state index in [2.05, 4.69) is 30.9 Å². The summed E-state index contributed by atoms with van der Waals surface area (Å²) in [6, 6.07) is 12.9. The quantitative estimate of drug-likeness (QED) is 0.584. The molecule has 1 aliphatic rings. The molecule has 0 unspecified atom stereocenters. The summed E-state index contributed by atoms with van der Waals surface area (Å²) in [5.41, 5.74) is 4.12. The smallest absolute Gasteiger partial charge is 0.233 e. The van der Waals surface area contributed by atoms with Crippen molar-refractivity contribution in [1.29, 1.82) is 5.26 Å². The summed E-state index contributed by atoms with van der Waals surface area (Å²) in [5.74, 6) is 0.584. The number of nitriles is 1. The van der Waals surface area contributed by atoms with Crippen LogP contribution in [0.3, 0.4) is 0 Å². The summed E-state index contributed by atoms with van der Waals surface area (Å²) in [7, 11) is 0. The first-order valence-corrected chi connectivity index (χ1v) is 11.3. The Kier molecular flexibility index (Phi) is 5.51. The lowest BCUT2D eigenvalue weighted by atomic mass is 9.98. The molecular weight excluding hydrogens is 380 g/mol. The number of fused-ring (bicyclic) bond motifs is 3. The van der Waals surface area contributed by atoms with Crippen LogP contribution in [0.5, 0.6) is 0 Å². The maximum atomic E-state index is 13.0. The van der Waals surface area contributed by atoms with Crippen molar-refractivity contribution >= 4 is 34.3 Å². The number of carbonyl (C=O) groups excluding carboxylic acids is 1. The largest absolute Gasteiger partial charge is 0.337 e. The van der Waals surface area contributed by atoms with Gasteiger partial charge in [0.15, 0.2) is 5.65 Å². The van der Waals surface area contributed by atoms with Crippen molar-refractivity contribution in [1.82, 2.24) is 14.3 Å². The topological polar surface area (TPSA) is 61.4 Å². The molecule has 0 aliphatic carbocycles. The second kappa shape index (κ2) is 8.08. The first kappa shape index (κ1) is 19.8. The summed E-state index contributed by atoms with van der Waals surface area (Å²) in [5, 5.41) is 10.7. The molecule has 1 amide bonds. The highest BCUT2D eigenvalue weighted by atomic mass is 32.2. The van der Waals surface area contributed by atoms with Gasteiger partial charge in [-0.15, -0.1) is 0 Å². The zero-order chi connectivity index (χ0) is 20.5. The Labute approximate surface area is 175 Å². The van der Waals surface area contributed by atoms with E-state index in [9.17, 15) is 10.1 Å². The van der Waals surface area contributed by atoms with Gasteiger partial charge in [0.1, 0.15) is 6.07 Å². The lowest BCUT2D eigenvalue weighted by molar-refractivity contribution is -0.134. The molecule has 0 radical (unpaired) electrons. The molecule has 150 valence electrons. The Hall–Kier alpha value is -2.52. The van der Waals surface area contributed by atoms with Crippen molar-refractivity contribution < 1.29 is 4.79 Å². The highest BCUT2D eigenvalue weighted by Gasteiger charge is 2.29. The van der Waals surface area contributed by atoms with Gasteiger partial charge < -0.3 is 4.90 Å². The van der Waals surface area contributed by atoms with E-state index in [0.29, 0.717) is 29.0 Å². The number of pyridine rings is 1.